The number of rotatable bonds is 3. The minimum absolute atomic E-state index is 0.487. The predicted octanol–water partition coefficient (Wildman–Crippen LogP) is 4.80. The van der Waals surface area contributed by atoms with E-state index in [-0.39, 0.29) is 0 Å². The highest BCUT2D eigenvalue weighted by atomic mass is 35.5. The van der Waals surface area contributed by atoms with Crippen molar-refractivity contribution in [1.82, 2.24) is 5.32 Å². The molecule has 1 unspecified atom stereocenters. The molecule has 1 N–H and O–H groups in total. The number of hydrogen-bond donors (Lipinski definition) is 1. The molecule has 0 heterocycles. The predicted molar refractivity (Wildman–Crippen MR) is 79.3 cm³/mol. The Hall–Kier alpha value is -0.530. The van der Waals surface area contributed by atoms with Crippen molar-refractivity contribution >= 4 is 11.6 Å². The summed E-state index contributed by atoms with van der Waals surface area (Å²) >= 11 is 6.20. The van der Waals surface area contributed by atoms with E-state index in [0.29, 0.717) is 6.04 Å². The topological polar surface area (TPSA) is 12.0 Å². The van der Waals surface area contributed by atoms with E-state index >= 15 is 0 Å². The molecule has 100 valence electrons. The van der Waals surface area contributed by atoms with Crippen LogP contribution in [0.15, 0.2) is 12.1 Å². The smallest absolute Gasteiger partial charge is 0.0438 e. The molecule has 1 atom stereocenters. The largest absolute Gasteiger partial charge is 0.313 e. The van der Waals surface area contributed by atoms with Gasteiger partial charge < -0.3 is 5.32 Å². The van der Waals surface area contributed by atoms with Crippen LogP contribution in [0.3, 0.4) is 0 Å². The molecule has 0 aromatic heterocycles. The van der Waals surface area contributed by atoms with Crippen molar-refractivity contribution in [3.05, 3.63) is 33.8 Å². The molecular weight excluding hydrogens is 242 g/mol. The number of nitrogens with one attached hydrogen (secondary N) is 1. The van der Waals surface area contributed by atoms with Gasteiger partial charge in [-0.25, -0.2) is 0 Å². The molecule has 0 aliphatic heterocycles. The van der Waals surface area contributed by atoms with Crippen molar-refractivity contribution in [3.63, 3.8) is 0 Å². The summed E-state index contributed by atoms with van der Waals surface area (Å²) in [4.78, 5) is 0. The standard InChI is InChI=1S/C16H24ClN/c1-11-10-15(17)12(2)9-14(11)16(18-3)13-7-5-4-6-8-13/h9-10,13,16,18H,4-8H2,1-3H3. The molecule has 1 aromatic rings. The Labute approximate surface area is 116 Å². The Morgan fingerprint density at radius 3 is 2.39 bits per heavy atom. The minimum Gasteiger partial charge on any atom is -0.313 e. The zero-order valence-corrected chi connectivity index (χ0v) is 12.5. The molecule has 2 heteroatoms. The van der Waals surface area contributed by atoms with Crippen LogP contribution in [0.2, 0.25) is 5.02 Å². The SMILES string of the molecule is CNC(c1cc(C)c(Cl)cc1C)C1CCCCC1. The highest BCUT2D eigenvalue weighted by molar-refractivity contribution is 6.31. The van der Waals surface area contributed by atoms with Crippen LogP contribution in [-0.2, 0) is 0 Å². The molecule has 1 aromatic carbocycles. The van der Waals surface area contributed by atoms with Crippen LogP contribution in [-0.4, -0.2) is 7.05 Å². The highest BCUT2D eigenvalue weighted by Crippen LogP contribution is 2.36. The minimum atomic E-state index is 0.487. The normalized spacial score (nSPS) is 18.9. The van der Waals surface area contributed by atoms with Gasteiger partial charge in [0.15, 0.2) is 0 Å². The van der Waals surface area contributed by atoms with Gasteiger partial charge >= 0.3 is 0 Å². The van der Waals surface area contributed by atoms with Gasteiger partial charge in [0.05, 0.1) is 0 Å². The lowest BCUT2D eigenvalue weighted by Gasteiger charge is -2.31. The molecule has 0 spiro atoms. The van der Waals surface area contributed by atoms with Crippen LogP contribution in [0.25, 0.3) is 0 Å². The van der Waals surface area contributed by atoms with Crippen LogP contribution < -0.4 is 5.32 Å². The second kappa shape index (κ2) is 6.08. The third kappa shape index (κ3) is 2.89. The number of aryl methyl sites for hydroxylation is 2. The monoisotopic (exact) mass is 265 g/mol. The summed E-state index contributed by atoms with van der Waals surface area (Å²) in [6.45, 7) is 4.27. The number of hydrogen-bond acceptors (Lipinski definition) is 1. The summed E-state index contributed by atoms with van der Waals surface area (Å²) in [5.41, 5.74) is 3.94. The van der Waals surface area contributed by atoms with Gasteiger partial charge in [-0.3, -0.25) is 0 Å². The van der Waals surface area contributed by atoms with Gasteiger partial charge in [0, 0.05) is 11.1 Å². The second-order valence-corrected chi connectivity index (χ2v) is 6.03. The van der Waals surface area contributed by atoms with Crippen LogP contribution in [0.4, 0.5) is 0 Å². The zero-order chi connectivity index (χ0) is 13.1. The maximum Gasteiger partial charge on any atom is 0.0438 e. The van der Waals surface area contributed by atoms with E-state index in [1.165, 1.54) is 48.8 Å². The van der Waals surface area contributed by atoms with Gasteiger partial charge in [-0.2, -0.15) is 0 Å². The fraction of sp³-hybridized carbons (Fsp3) is 0.625. The molecule has 0 amide bonds. The van der Waals surface area contributed by atoms with Crippen LogP contribution in [0.5, 0.6) is 0 Å². The van der Waals surface area contributed by atoms with Crippen LogP contribution >= 0.6 is 11.6 Å². The van der Waals surface area contributed by atoms with E-state index in [9.17, 15) is 0 Å². The molecule has 1 saturated carbocycles. The third-order valence-electron chi connectivity index (χ3n) is 4.31. The highest BCUT2D eigenvalue weighted by Gasteiger charge is 2.25. The Balaban J connectivity index is 2.28. The Bertz CT molecular complexity index is 408. The lowest BCUT2D eigenvalue weighted by atomic mass is 9.80. The zero-order valence-electron chi connectivity index (χ0n) is 11.7. The molecular formula is C16H24ClN. The molecule has 1 fully saturated rings. The number of benzene rings is 1. The molecule has 1 nitrogen and oxygen atoms in total. The second-order valence-electron chi connectivity index (χ2n) is 5.62. The molecule has 1 aliphatic rings. The number of halogens is 1. The summed E-state index contributed by atoms with van der Waals surface area (Å²) in [6, 6.07) is 4.87. The molecule has 18 heavy (non-hydrogen) atoms. The van der Waals surface area contributed by atoms with E-state index in [1.54, 1.807) is 0 Å². The van der Waals surface area contributed by atoms with E-state index in [0.717, 1.165) is 10.9 Å². The van der Waals surface area contributed by atoms with Crippen molar-refractivity contribution in [3.8, 4) is 0 Å². The van der Waals surface area contributed by atoms with Gasteiger partial charge in [0.1, 0.15) is 0 Å². The van der Waals surface area contributed by atoms with Crippen molar-refractivity contribution < 1.29 is 0 Å². The van der Waals surface area contributed by atoms with E-state index in [1.807, 2.05) is 0 Å². The first-order valence-corrected chi connectivity index (χ1v) is 7.45. The summed E-state index contributed by atoms with van der Waals surface area (Å²) in [5.74, 6) is 0.781. The van der Waals surface area contributed by atoms with E-state index < -0.39 is 0 Å². The Morgan fingerprint density at radius 1 is 1.11 bits per heavy atom. The Morgan fingerprint density at radius 2 is 1.78 bits per heavy atom. The van der Waals surface area contributed by atoms with Crippen molar-refractivity contribution in [2.75, 3.05) is 7.05 Å². The van der Waals surface area contributed by atoms with Gasteiger partial charge in [0.2, 0.25) is 0 Å². The van der Waals surface area contributed by atoms with Gasteiger partial charge in [0.25, 0.3) is 0 Å². The summed E-state index contributed by atoms with van der Waals surface area (Å²) in [6.07, 6.45) is 6.88. The summed E-state index contributed by atoms with van der Waals surface area (Å²) < 4.78 is 0. The average Bonchev–Trinajstić information content (AvgIpc) is 2.38. The third-order valence-corrected chi connectivity index (χ3v) is 4.72. The summed E-state index contributed by atoms with van der Waals surface area (Å²) in [5, 5.41) is 4.42. The van der Waals surface area contributed by atoms with E-state index in [4.69, 9.17) is 11.6 Å². The van der Waals surface area contributed by atoms with Gasteiger partial charge in [-0.1, -0.05) is 36.9 Å². The first-order valence-electron chi connectivity index (χ1n) is 7.07. The Kier molecular flexibility index (Phi) is 4.69. The van der Waals surface area contributed by atoms with Crippen molar-refractivity contribution in [1.29, 1.82) is 0 Å². The summed E-state index contributed by atoms with van der Waals surface area (Å²) in [7, 11) is 2.09. The maximum absolute atomic E-state index is 6.20. The van der Waals surface area contributed by atoms with E-state index in [2.05, 4.69) is 38.3 Å². The first-order chi connectivity index (χ1) is 8.63. The molecule has 0 radical (unpaired) electrons. The van der Waals surface area contributed by atoms with Crippen LogP contribution in [0.1, 0.15) is 54.8 Å². The maximum atomic E-state index is 6.20. The fourth-order valence-corrected chi connectivity index (χ4v) is 3.47. The molecule has 1 aliphatic carbocycles. The quantitative estimate of drug-likeness (QED) is 0.828. The molecule has 0 saturated heterocycles. The van der Waals surface area contributed by atoms with Crippen molar-refractivity contribution in [2.45, 2.75) is 52.0 Å². The van der Waals surface area contributed by atoms with Crippen LogP contribution in [0, 0.1) is 19.8 Å². The molecule has 2 rings (SSSR count). The first kappa shape index (κ1) is 13.9. The lowest BCUT2D eigenvalue weighted by Crippen LogP contribution is -2.27. The molecule has 0 bridgehead atoms. The average molecular weight is 266 g/mol. The lowest BCUT2D eigenvalue weighted by molar-refractivity contribution is 0.281. The fourth-order valence-electron chi connectivity index (χ4n) is 3.25. The van der Waals surface area contributed by atoms with Gasteiger partial charge in [-0.15, -0.1) is 0 Å². The van der Waals surface area contributed by atoms with Crippen molar-refractivity contribution in [2.24, 2.45) is 5.92 Å². The van der Waals surface area contributed by atoms with Gasteiger partial charge in [-0.05, 0) is 62.4 Å².